The maximum atomic E-state index is 6.17. The fraction of sp³-hybridized carbons (Fsp3) is 0.600. The Morgan fingerprint density at radius 2 is 1.68 bits per heavy atom. The molecule has 1 heterocycles. The SMILES string of the molecule is CO[C@@]1(O[Si](C)(C)C)O[C@@H](c2ccccc2)C1(C)C. The normalized spacial score (nSPS) is 29.9. The Morgan fingerprint density at radius 1 is 1.11 bits per heavy atom. The van der Waals surface area contributed by atoms with Gasteiger partial charge in [-0.3, -0.25) is 0 Å². The first-order valence-corrected chi connectivity index (χ1v) is 10.1. The van der Waals surface area contributed by atoms with Gasteiger partial charge in [0, 0.05) is 7.11 Å². The van der Waals surface area contributed by atoms with E-state index in [-0.39, 0.29) is 11.5 Å². The predicted octanol–water partition coefficient (Wildman–Crippen LogP) is 3.94. The Hall–Kier alpha value is -0.683. The van der Waals surface area contributed by atoms with E-state index < -0.39 is 14.3 Å². The highest BCUT2D eigenvalue weighted by Crippen LogP contribution is 2.59. The maximum Gasteiger partial charge on any atom is 0.282 e. The van der Waals surface area contributed by atoms with Crippen LogP contribution in [0, 0.1) is 5.41 Å². The minimum atomic E-state index is -1.75. The lowest BCUT2D eigenvalue weighted by Crippen LogP contribution is -2.67. The Labute approximate surface area is 117 Å². The Morgan fingerprint density at radius 3 is 2.11 bits per heavy atom. The molecule has 19 heavy (non-hydrogen) atoms. The van der Waals surface area contributed by atoms with E-state index >= 15 is 0 Å². The van der Waals surface area contributed by atoms with Crippen molar-refractivity contribution in [3.8, 4) is 0 Å². The molecule has 3 nitrogen and oxygen atoms in total. The Kier molecular flexibility index (Phi) is 3.64. The van der Waals surface area contributed by atoms with Gasteiger partial charge in [0.1, 0.15) is 6.10 Å². The lowest BCUT2D eigenvalue weighted by Gasteiger charge is -2.60. The summed E-state index contributed by atoms with van der Waals surface area (Å²) < 4.78 is 17.8. The lowest BCUT2D eigenvalue weighted by atomic mass is 9.75. The zero-order valence-electron chi connectivity index (χ0n) is 12.7. The molecule has 0 spiro atoms. The van der Waals surface area contributed by atoms with Gasteiger partial charge >= 0.3 is 0 Å². The van der Waals surface area contributed by atoms with Crippen LogP contribution in [0.5, 0.6) is 0 Å². The van der Waals surface area contributed by atoms with E-state index in [1.807, 2.05) is 18.2 Å². The minimum Gasteiger partial charge on any atom is -0.369 e. The second kappa shape index (κ2) is 4.70. The average Bonchev–Trinajstić information content (AvgIpc) is 2.33. The highest BCUT2D eigenvalue weighted by atomic mass is 28.4. The number of benzene rings is 1. The molecule has 1 aromatic carbocycles. The van der Waals surface area contributed by atoms with Crippen molar-refractivity contribution in [3.05, 3.63) is 35.9 Å². The molecule has 0 bridgehead atoms. The summed E-state index contributed by atoms with van der Waals surface area (Å²) in [6.45, 7) is 10.7. The van der Waals surface area contributed by atoms with Crippen LogP contribution in [0.3, 0.4) is 0 Å². The summed E-state index contributed by atoms with van der Waals surface area (Å²) in [4.78, 5) is 0. The van der Waals surface area contributed by atoms with Crippen LogP contribution in [-0.2, 0) is 13.9 Å². The van der Waals surface area contributed by atoms with Gasteiger partial charge in [0.15, 0.2) is 8.32 Å². The van der Waals surface area contributed by atoms with E-state index in [4.69, 9.17) is 13.9 Å². The topological polar surface area (TPSA) is 27.7 Å². The van der Waals surface area contributed by atoms with Crippen molar-refractivity contribution in [1.82, 2.24) is 0 Å². The minimum absolute atomic E-state index is 0.00463. The molecule has 0 radical (unpaired) electrons. The summed E-state index contributed by atoms with van der Waals surface area (Å²) in [5.41, 5.74) is 0.947. The molecule has 0 N–H and O–H groups in total. The van der Waals surface area contributed by atoms with Gasteiger partial charge in [-0.05, 0) is 39.1 Å². The molecule has 1 aliphatic heterocycles. The molecule has 106 valence electrons. The van der Waals surface area contributed by atoms with Crippen molar-refractivity contribution in [2.45, 2.75) is 45.6 Å². The molecule has 0 saturated carbocycles. The quantitative estimate of drug-likeness (QED) is 0.617. The van der Waals surface area contributed by atoms with Crippen molar-refractivity contribution >= 4 is 8.32 Å². The molecule has 0 unspecified atom stereocenters. The summed E-state index contributed by atoms with van der Waals surface area (Å²) in [7, 11) is -0.0968. The van der Waals surface area contributed by atoms with Gasteiger partial charge in [-0.2, -0.15) is 0 Å². The van der Waals surface area contributed by atoms with Crippen LogP contribution < -0.4 is 0 Å². The number of hydrogen-bond donors (Lipinski definition) is 0. The highest BCUT2D eigenvalue weighted by molar-refractivity contribution is 6.69. The van der Waals surface area contributed by atoms with Crippen molar-refractivity contribution in [3.63, 3.8) is 0 Å². The molecule has 2 rings (SSSR count). The molecule has 0 amide bonds. The third kappa shape index (κ3) is 2.50. The van der Waals surface area contributed by atoms with Crippen LogP contribution in [-0.4, -0.2) is 21.4 Å². The van der Waals surface area contributed by atoms with E-state index in [1.54, 1.807) is 7.11 Å². The zero-order chi connectivity index (χ0) is 14.3. The van der Waals surface area contributed by atoms with Gasteiger partial charge in [0.05, 0.1) is 5.41 Å². The predicted molar refractivity (Wildman–Crippen MR) is 78.2 cm³/mol. The lowest BCUT2D eigenvalue weighted by molar-refractivity contribution is -0.499. The maximum absolute atomic E-state index is 6.17. The molecule has 4 heteroatoms. The van der Waals surface area contributed by atoms with Gasteiger partial charge in [-0.1, -0.05) is 30.3 Å². The third-order valence-corrected chi connectivity index (χ3v) is 4.41. The molecule has 0 aromatic heterocycles. The van der Waals surface area contributed by atoms with E-state index in [0.717, 1.165) is 0 Å². The molecular formula is C15H24O3Si. The van der Waals surface area contributed by atoms with Gasteiger partial charge in [-0.15, -0.1) is 0 Å². The standard InChI is InChI=1S/C15H24O3Si/c1-14(2)13(12-10-8-7-9-11-12)17-15(14,16-3)18-19(4,5)6/h7-11,13H,1-6H3/t13-,15+/m0/s1. The number of methoxy groups -OCH3 is 1. The van der Waals surface area contributed by atoms with Crippen LogP contribution in [0.15, 0.2) is 30.3 Å². The Balaban J connectivity index is 2.24. The van der Waals surface area contributed by atoms with Crippen molar-refractivity contribution in [2.24, 2.45) is 5.41 Å². The van der Waals surface area contributed by atoms with Gasteiger partial charge in [0.2, 0.25) is 0 Å². The van der Waals surface area contributed by atoms with E-state index in [2.05, 4.69) is 45.6 Å². The number of hydrogen-bond acceptors (Lipinski definition) is 3. The first-order valence-electron chi connectivity index (χ1n) is 6.70. The van der Waals surface area contributed by atoms with E-state index in [1.165, 1.54) is 5.56 Å². The monoisotopic (exact) mass is 280 g/mol. The third-order valence-electron chi connectivity index (χ3n) is 3.53. The van der Waals surface area contributed by atoms with Gasteiger partial charge in [-0.25, -0.2) is 0 Å². The summed E-state index contributed by atoms with van der Waals surface area (Å²) in [5, 5.41) is 0. The second-order valence-electron chi connectivity index (χ2n) is 6.61. The van der Waals surface area contributed by atoms with Crippen LogP contribution in [0.2, 0.25) is 19.6 Å². The summed E-state index contributed by atoms with van der Waals surface area (Å²) in [5.74, 6) is -0.919. The van der Waals surface area contributed by atoms with Crippen molar-refractivity contribution < 1.29 is 13.9 Å². The van der Waals surface area contributed by atoms with Crippen LogP contribution in [0.4, 0.5) is 0 Å². The van der Waals surface area contributed by atoms with Gasteiger partial charge < -0.3 is 13.9 Å². The molecular weight excluding hydrogens is 256 g/mol. The van der Waals surface area contributed by atoms with Crippen molar-refractivity contribution in [1.29, 1.82) is 0 Å². The average molecular weight is 280 g/mol. The molecule has 1 saturated heterocycles. The fourth-order valence-corrected chi connectivity index (χ4v) is 3.78. The van der Waals surface area contributed by atoms with Crippen molar-refractivity contribution in [2.75, 3.05) is 7.11 Å². The first kappa shape index (κ1) is 14.7. The molecule has 2 atom stereocenters. The molecule has 0 aliphatic carbocycles. The highest BCUT2D eigenvalue weighted by Gasteiger charge is 2.65. The second-order valence-corrected chi connectivity index (χ2v) is 11.0. The molecule has 1 aromatic rings. The van der Waals surface area contributed by atoms with E-state index in [9.17, 15) is 0 Å². The smallest absolute Gasteiger partial charge is 0.282 e. The Bertz CT molecular complexity index is 438. The largest absolute Gasteiger partial charge is 0.369 e. The summed E-state index contributed by atoms with van der Waals surface area (Å²) in [6, 6.07) is 10.2. The molecule has 1 fully saturated rings. The van der Waals surface area contributed by atoms with E-state index in [0.29, 0.717) is 0 Å². The van der Waals surface area contributed by atoms with Crippen LogP contribution in [0.1, 0.15) is 25.5 Å². The first-order chi connectivity index (χ1) is 8.72. The number of rotatable bonds is 4. The van der Waals surface area contributed by atoms with Crippen LogP contribution in [0.25, 0.3) is 0 Å². The summed E-state index contributed by atoms with van der Waals surface area (Å²) >= 11 is 0. The fourth-order valence-electron chi connectivity index (χ4n) is 2.58. The number of ether oxygens (including phenoxy) is 2. The molecule has 1 aliphatic rings. The summed E-state index contributed by atoms with van der Waals surface area (Å²) in [6.07, 6.45) is 0.00463. The van der Waals surface area contributed by atoms with Crippen LogP contribution >= 0.6 is 0 Å². The van der Waals surface area contributed by atoms with Gasteiger partial charge in [0.25, 0.3) is 5.97 Å². The zero-order valence-corrected chi connectivity index (χ0v) is 13.7.